The van der Waals surface area contributed by atoms with Gasteiger partial charge in [0.15, 0.2) is 0 Å². The SMILES string of the molecule is CC(C)NCCC(=O)NCC1(C)CCCO1. The Morgan fingerprint density at radius 2 is 2.25 bits per heavy atom. The third-order valence-electron chi connectivity index (χ3n) is 2.86. The topological polar surface area (TPSA) is 50.4 Å². The number of carbonyl (C=O) groups excluding carboxylic acids is 1. The number of carbonyl (C=O) groups is 1. The van der Waals surface area contributed by atoms with E-state index in [0.717, 1.165) is 26.0 Å². The molecule has 16 heavy (non-hydrogen) atoms. The van der Waals surface area contributed by atoms with Crippen LogP contribution in [0.25, 0.3) is 0 Å². The maximum absolute atomic E-state index is 11.5. The van der Waals surface area contributed by atoms with Crippen LogP contribution in [0.15, 0.2) is 0 Å². The second-order valence-corrected chi connectivity index (χ2v) is 5.04. The van der Waals surface area contributed by atoms with Crippen molar-refractivity contribution in [3.8, 4) is 0 Å². The molecular formula is C12H24N2O2. The van der Waals surface area contributed by atoms with E-state index in [0.29, 0.717) is 19.0 Å². The molecule has 1 saturated heterocycles. The second-order valence-electron chi connectivity index (χ2n) is 5.04. The molecule has 0 radical (unpaired) electrons. The van der Waals surface area contributed by atoms with Crippen molar-refractivity contribution in [2.75, 3.05) is 19.7 Å². The first kappa shape index (κ1) is 13.5. The van der Waals surface area contributed by atoms with Crippen LogP contribution in [0.4, 0.5) is 0 Å². The fourth-order valence-corrected chi connectivity index (χ4v) is 1.82. The standard InChI is InChI=1S/C12H24N2O2/c1-10(2)13-7-5-11(15)14-9-12(3)6-4-8-16-12/h10,13H,4-9H2,1-3H3,(H,14,15). The number of hydrogen-bond acceptors (Lipinski definition) is 3. The number of hydrogen-bond donors (Lipinski definition) is 2. The zero-order chi connectivity index (χ0) is 12.0. The zero-order valence-corrected chi connectivity index (χ0v) is 10.6. The Labute approximate surface area is 98.1 Å². The average Bonchev–Trinajstić information content (AvgIpc) is 2.62. The van der Waals surface area contributed by atoms with Crippen LogP contribution in [-0.2, 0) is 9.53 Å². The lowest BCUT2D eigenvalue weighted by molar-refractivity contribution is -0.122. The highest BCUT2D eigenvalue weighted by Crippen LogP contribution is 2.23. The number of ether oxygens (including phenoxy) is 1. The third kappa shape index (κ3) is 4.94. The number of nitrogens with one attached hydrogen (secondary N) is 2. The summed E-state index contributed by atoms with van der Waals surface area (Å²) in [5, 5.41) is 6.16. The molecule has 1 aliphatic rings. The normalized spacial score (nSPS) is 25.0. The van der Waals surface area contributed by atoms with Crippen molar-refractivity contribution in [2.24, 2.45) is 0 Å². The molecule has 1 heterocycles. The van der Waals surface area contributed by atoms with Gasteiger partial charge in [-0.2, -0.15) is 0 Å². The van der Waals surface area contributed by atoms with Crippen LogP contribution in [-0.4, -0.2) is 37.2 Å². The number of amides is 1. The summed E-state index contributed by atoms with van der Waals surface area (Å²) in [6.07, 6.45) is 2.67. The molecular weight excluding hydrogens is 204 g/mol. The maximum atomic E-state index is 11.5. The Balaban J connectivity index is 2.10. The van der Waals surface area contributed by atoms with Gasteiger partial charge in [-0.3, -0.25) is 4.79 Å². The van der Waals surface area contributed by atoms with Gasteiger partial charge >= 0.3 is 0 Å². The Morgan fingerprint density at radius 1 is 1.50 bits per heavy atom. The molecule has 0 aromatic carbocycles. The molecule has 1 atom stereocenters. The molecule has 0 aromatic rings. The summed E-state index contributed by atoms with van der Waals surface area (Å²) in [6, 6.07) is 0.434. The second kappa shape index (κ2) is 6.21. The van der Waals surface area contributed by atoms with Gasteiger partial charge in [0.25, 0.3) is 0 Å². The van der Waals surface area contributed by atoms with Gasteiger partial charge < -0.3 is 15.4 Å². The van der Waals surface area contributed by atoms with Gasteiger partial charge in [0, 0.05) is 32.2 Å². The van der Waals surface area contributed by atoms with Crippen molar-refractivity contribution in [3.63, 3.8) is 0 Å². The molecule has 0 aromatic heterocycles. The summed E-state index contributed by atoms with van der Waals surface area (Å²) in [6.45, 7) is 8.40. The van der Waals surface area contributed by atoms with Crippen molar-refractivity contribution < 1.29 is 9.53 Å². The predicted octanol–water partition coefficient (Wildman–Crippen LogP) is 1.06. The first-order valence-electron chi connectivity index (χ1n) is 6.16. The van der Waals surface area contributed by atoms with Gasteiger partial charge in [-0.05, 0) is 19.8 Å². The molecule has 0 saturated carbocycles. The van der Waals surface area contributed by atoms with Crippen LogP contribution in [0.5, 0.6) is 0 Å². The summed E-state index contributed by atoms with van der Waals surface area (Å²) in [5.74, 6) is 0.102. The van der Waals surface area contributed by atoms with E-state index in [9.17, 15) is 4.79 Å². The lowest BCUT2D eigenvalue weighted by atomic mass is 10.0. The zero-order valence-electron chi connectivity index (χ0n) is 10.6. The molecule has 0 spiro atoms. The highest BCUT2D eigenvalue weighted by molar-refractivity contribution is 5.76. The van der Waals surface area contributed by atoms with Crippen molar-refractivity contribution in [1.29, 1.82) is 0 Å². The molecule has 94 valence electrons. The Morgan fingerprint density at radius 3 is 2.81 bits per heavy atom. The lowest BCUT2D eigenvalue weighted by Gasteiger charge is -2.23. The molecule has 1 aliphatic heterocycles. The summed E-state index contributed by atoms with van der Waals surface area (Å²) >= 11 is 0. The van der Waals surface area contributed by atoms with Gasteiger partial charge in [-0.25, -0.2) is 0 Å². The molecule has 1 unspecified atom stereocenters. The van der Waals surface area contributed by atoms with Crippen LogP contribution in [0.3, 0.4) is 0 Å². The minimum atomic E-state index is -0.138. The van der Waals surface area contributed by atoms with Gasteiger partial charge in [0.2, 0.25) is 5.91 Å². The Hall–Kier alpha value is -0.610. The molecule has 1 amide bonds. The fraction of sp³-hybridized carbons (Fsp3) is 0.917. The van der Waals surface area contributed by atoms with Crippen LogP contribution < -0.4 is 10.6 Å². The highest BCUT2D eigenvalue weighted by atomic mass is 16.5. The van der Waals surface area contributed by atoms with Gasteiger partial charge in [0.05, 0.1) is 5.60 Å². The smallest absolute Gasteiger partial charge is 0.221 e. The average molecular weight is 228 g/mol. The summed E-state index contributed by atoms with van der Waals surface area (Å²) in [4.78, 5) is 11.5. The van der Waals surface area contributed by atoms with Crippen LogP contribution in [0.2, 0.25) is 0 Å². The summed E-state index contributed by atoms with van der Waals surface area (Å²) in [7, 11) is 0. The van der Waals surface area contributed by atoms with E-state index in [-0.39, 0.29) is 11.5 Å². The molecule has 0 aliphatic carbocycles. The monoisotopic (exact) mass is 228 g/mol. The highest BCUT2D eigenvalue weighted by Gasteiger charge is 2.29. The van der Waals surface area contributed by atoms with E-state index in [1.165, 1.54) is 0 Å². The van der Waals surface area contributed by atoms with E-state index < -0.39 is 0 Å². The summed E-state index contributed by atoms with van der Waals surface area (Å²) < 4.78 is 5.60. The maximum Gasteiger partial charge on any atom is 0.221 e. The van der Waals surface area contributed by atoms with Crippen LogP contribution in [0, 0.1) is 0 Å². The minimum Gasteiger partial charge on any atom is -0.373 e. The molecule has 1 fully saturated rings. The van der Waals surface area contributed by atoms with E-state index in [2.05, 4.69) is 31.4 Å². The third-order valence-corrected chi connectivity index (χ3v) is 2.86. The van der Waals surface area contributed by atoms with Crippen molar-refractivity contribution in [1.82, 2.24) is 10.6 Å². The minimum absolute atomic E-state index is 0.102. The van der Waals surface area contributed by atoms with Crippen LogP contribution in [0.1, 0.15) is 40.0 Å². The Bertz CT molecular complexity index is 223. The first-order chi connectivity index (χ1) is 7.52. The van der Waals surface area contributed by atoms with E-state index in [1.54, 1.807) is 0 Å². The predicted molar refractivity (Wildman–Crippen MR) is 64.4 cm³/mol. The van der Waals surface area contributed by atoms with Crippen molar-refractivity contribution in [3.05, 3.63) is 0 Å². The van der Waals surface area contributed by atoms with Gasteiger partial charge in [-0.15, -0.1) is 0 Å². The molecule has 0 bridgehead atoms. The molecule has 1 rings (SSSR count). The molecule has 2 N–H and O–H groups in total. The van der Waals surface area contributed by atoms with Gasteiger partial charge in [-0.1, -0.05) is 13.8 Å². The van der Waals surface area contributed by atoms with E-state index >= 15 is 0 Å². The number of rotatable bonds is 6. The molecule has 4 nitrogen and oxygen atoms in total. The lowest BCUT2D eigenvalue weighted by Crippen LogP contribution is -2.41. The quantitative estimate of drug-likeness (QED) is 0.714. The van der Waals surface area contributed by atoms with Gasteiger partial charge in [0.1, 0.15) is 0 Å². The van der Waals surface area contributed by atoms with Crippen molar-refractivity contribution in [2.45, 2.75) is 51.7 Å². The van der Waals surface area contributed by atoms with Crippen molar-refractivity contribution >= 4 is 5.91 Å². The molecule has 4 heteroatoms. The fourth-order valence-electron chi connectivity index (χ4n) is 1.82. The van der Waals surface area contributed by atoms with E-state index in [1.807, 2.05) is 0 Å². The Kier molecular flexibility index (Phi) is 5.22. The largest absolute Gasteiger partial charge is 0.373 e. The summed E-state index contributed by atoms with van der Waals surface area (Å²) in [5.41, 5.74) is -0.138. The van der Waals surface area contributed by atoms with E-state index in [4.69, 9.17) is 4.74 Å². The van der Waals surface area contributed by atoms with Crippen LogP contribution >= 0.6 is 0 Å². The first-order valence-corrected chi connectivity index (χ1v) is 6.16.